The van der Waals surface area contributed by atoms with Crippen LogP contribution in [-0.2, 0) is 0 Å². The third-order valence-corrected chi connectivity index (χ3v) is 5.75. The van der Waals surface area contributed by atoms with E-state index >= 15 is 0 Å². The zero-order chi connectivity index (χ0) is 23.7. The minimum Gasteiger partial charge on any atom is -0.497 e. The molecule has 0 saturated carbocycles. The Morgan fingerprint density at radius 3 is 2.51 bits per heavy atom. The number of nitrogens with one attached hydrogen (secondary N) is 2. The summed E-state index contributed by atoms with van der Waals surface area (Å²) in [5.74, 6) is 0.204. The van der Waals surface area contributed by atoms with Crippen molar-refractivity contribution in [3.05, 3.63) is 106 Å². The molecule has 0 fully saturated rings. The Balaban J connectivity index is 0.00000289. The van der Waals surface area contributed by atoms with Gasteiger partial charge in [0.1, 0.15) is 17.6 Å². The van der Waals surface area contributed by atoms with Crippen molar-refractivity contribution in [2.24, 2.45) is 0 Å². The first kappa shape index (κ1) is 24.3. The van der Waals surface area contributed by atoms with Crippen molar-refractivity contribution >= 4 is 47.5 Å². The number of fused-ring (bicyclic) bond motifs is 1. The molecule has 1 atom stereocenters. The van der Waals surface area contributed by atoms with Crippen molar-refractivity contribution in [3.63, 3.8) is 0 Å². The molecule has 3 aromatic carbocycles. The minimum atomic E-state index is -0.681. The molecule has 7 nitrogen and oxygen atoms in total. The van der Waals surface area contributed by atoms with Gasteiger partial charge < -0.3 is 10.1 Å². The lowest BCUT2D eigenvalue weighted by Crippen LogP contribution is -2.21. The summed E-state index contributed by atoms with van der Waals surface area (Å²) in [4.78, 5) is 17.2. The highest BCUT2D eigenvalue weighted by molar-refractivity contribution is 6.31. The Labute approximate surface area is 212 Å². The van der Waals surface area contributed by atoms with Gasteiger partial charge in [-0.05, 0) is 48.0 Å². The highest BCUT2D eigenvalue weighted by Gasteiger charge is 2.29. The first-order valence-corrected chi connectivity index (χ1v) is 10.8. The lowest BCUT2D eigenvalue weighted by Gasteiger charge is -2.25. The number of aromatic nitrogens is 3. The molecule has 178 valence electrons. The van der Waals surface area contributed by atoms with Gasteiger partial charge in [-0.15, -0.1) is 17.5 Å². The standard InChI is InChI=1S/C25H19ClFN5O2.ClH/c1-34-17-12-10-16(11-13-17)23(33)29-24-30-25-28-20(15-6-3-2-4-7-15)14-21(32(25)31-24)22-18(26)8-5-9-19(22)27;/h2-14,21H,1H3,(H2,28,29,30,31,33);1H. The summed E-state index contributed by atoms with van der Waals surface area (Å²) in [6, 6.07) is 20.1. The molecule has 1 amide bonds. The Kier molecular flexibility index (Phi) is 7.04. The fourth-order valence-corrected chi connectivity index (χ4v) is 4.02. The van der Waals surface area contributed by atoms with Gasteiger partial charge in [-0.2, -0.15) is 4.98 Å². The molecule has 0 radical (unpaired) electrons. The van der Waals surface area contributed by atoms with E-state index in [0.29, 0.717) is 17.3 Å². The van der Waals surface area contributed by atoms with E-state index in [1.807, 2.05) is 36.4 Å². The second kappa shape index (κ2) is 10.2. The number of anilines is 2. The third-order valence-electron chi connectivity index (χ3n) is 5.42. The summed E-state index contributed by atoms with van der Waals surface area (Å²) in [5, 5.41) is 10.6. The number of amides is 1. The van der Waals surface area contributed by atoms with Gasteiger partial charge in [0.05, 0.1) is 7.11 Å². The van der Waals surface area contributed by atoms with Crippen LogP contribution in [0.2, 0.25) is 5.02 Å². The molecule has 1 unspecified atom stereocenters. The Morgan fingerprint density at radius 2 is 1.83 bits per heavy atom. The number of methoxy groups -OCH3 is 1. The molecule has 0 bridgehead atoms. The van der Waals surface area contributed by atoms with Crippen molar-refractivity contribution in [1.29, 1.82) is 0 Å². The van der Waals surface area contributed by atoms with Crippen LogP contribution in [0.15, 0.2) is 78.9 Å². The van der Waals surface area contributed by atoms with Gasteiger partial charge in [-0.1, -0.05) is 48.0 Å². The number of rotatable bonds is 5. The molecule has 1 aliphatic heterocycles. The fourth-order valence-electron chi connectivity index (χ4n) is 3.75. The van der Waals surface area contributed by atoms with Crippen molar-refractivity contribution in [2.45, 2.75) is 6.04 Å². The summed E-state index contributed by atoms with van der Waals surface area (Å²) in [6.07, 6.45) is 1.83. The van der Waals surface area contributed by atoms with Crippen LogP contribution in [0.5, 0.6) is 5.75 Å². The van der Waals surface area contributed by atoms with E-state index in [0.717, 1.165) is 11.3 Å². The summed E-state index contributed by atoms with van der Waals surface area (Å²) >= 11 is 6.39. The predicted molar refractivity (Wildman–Crippen MR) is 136 cm³/mol. The van der Waals surface area contributed by atoms with E-state index in [1.165, 1.54) is 10.7 Å². The zero-order valence-corrected chi connectivity index (χ0v) is 20.0. The quantitative estimate of drug-likeness (QED) is 0.353. The van der Waals surface area contributed by atoms with E-state index in [1.54, 1.807) is 43.5 Å². The number of hydrogen-bond acceptors (Lipinski definition) is 5. The molecule has 0 saturated heterocycles. The number of nitrogens with zero attached hydrogens (tertiary/aromatic N) is 3. The first-order valence-electron chi connectivity index (χ1n) is 10.4. The van der Waals surface area contributed by atoms with Crippen LogP contribution in [0.1, 0.15) is 27.5 Å². The second-order valence-electron chi connectivity index (χ2n) is 7.54. The molecule has 1 aromatic heterocycles. The maximum Gasteiger partial charge on any atom is 0.258 e. The molecular weight excluding hydrogens is 492 g/mol. The number of carbonyl (C=O) groups is 1. The molecule has 2 N–H and O–H groups in total. The number of allylic oxidation sites excluding steroid dienone is 1. The topological polar surface area (TPSA) is 81.1 Å². The average molecular weight is 512 g/mol. The number of ether oxygens (including phenoxy) is 1. The Hall–Kier alpha value is -3.88. The first-order chi connectivity index (χ1) is 16.5. The van der Waals surface area contributed by atoms with Gasteiger partial charge in [-0.3, -0.25) is 10.1 Å². The van der Waals surface area contributed by atoms with Crippen LogP contribution < -0.4 is 15.4 Å². The molecule has 35 heavy (non-hydrogen) atoms. The second-order valence-corrected chi connectivity index (χ2v) is 7.94. The highest BCUT2D eigenvalue weighted by Crippen LogP contribution is 2.37. The van der Waals surface area contributed by atoms with Crippen LogP contribution in [0.4, 0.5) is 16.3 Å². The van der Waals surface area contributed by atoms with Crippen LogP contribution in [0.3, 0.4) is 0 Å². The smallest absolute Gasteiger partial charge is 0.258 e. The van der Waals surface area contributed by atoms with Gasteiger partial charge >= 0.3 is 0 Å². The SMILES string of the molecule is COc1ccc(C(=O)Nc2nc3n(n2)C(c2c(F)cccc2Cl)C=C(c2ccccc2)N3)cc1.Cl. The largest absolute Gasteiger partial charge is 0.497 e. The predicted octanol–water partition coefficient (Wildman–Crippen LogP) is 5.81. The minimum absolute atomic E-state index is 0. The monoisotopic (exact) mass is 511 g/mol. The zero-order valence-electron chi connectivity index (χ0n) is 18.4. The van der Waals surface area contributed by atoms with Crippen molar-refractivity contribution in [2.75, 3.05) is 17.7 Å². The molecular formula is C25H20Cl2FN5O2. The third kappa shape index (κ3) is 4.84. The number of hydrogen-bond donors (Lipinski definition) is 2. The van der Waals surface area contributed by atoms with Crippen molar-refractivity contribution < 1.29 is 13.9 Å². The van der Waals surface area contributed by atoms with Gasteiger partial charge in [0.25, 0.3) is 11.9 Å². The maximum absolute atomic E-state index is 14.9. The highest BCUT2D eigenvalue weighted by atomic mass is 35.5. The van der Waals surface area contributed by atoms with E-state index in [2.05, 4.69) is 20.7 Å². The van der Waals surface area contributed by atoms with E-state index in [-0.39, 0.29) is 34.8 Å². The molecule has 1 aliphatic rings. The molecule has 0 spiro atoms. The molecule has 5 rings (SSSR count). The number of benzene rings is 3. The van der Waals surface area contributed by atoms with Gasteiger partial charge in [-0.25, -0.2) is 9.07 Å². The molecule has 2 heterocycles. The van der Waals surface area contributed by atoms with Crippen LogP contribution >= 0.6 is 24.0 Å². The lowest BCUT2D eigenvalue weighted by atomic mass is 10.0. The fraction of sp³-hybridized carbons (Fsp3) is 0.0800. The molecule has 10 heteroatoms. The van der Waals surface area contributed by atoms with Crippen LogP contribution in [-0.4, -0.2) is 27.8 Å². The van der Waals surface area contributed by atoms with E-state index < -0.39 is 11.9 Å². The average Bonchev–Trinajstić information content (AvgIpc) is 3.27. The van der Waals surface area contributed by atoms with Gasteiger partial charge in [0.15, 0.2) is 0 Å². The normalized spacial score (nSPS) is 14.1. The summed E-state index contributed by atoms with van der Waals surface area (Å²) in [6.45, 7) is 0. The molecule has 4 aromatic rings. The summed E-state index contributed by atoms with van der Waals surface area (Å²) in [5.41, 5.74) is 2.28. The van der Waals surface area contributed by atoms with E-state index in [4.69, 9.17) is 16.3 Å². The Morgan fingerprint density at radius 1 is 1.09 bits per heavy atom. The van der Waals surface area contributed by atoms with Gasteiger partial charge in [0.2, 0.25) is 5.95 Å². The molecule has 0 aliphatic carbocycles. The maximum atomic E-state index is 14.9. The van der Waals surface area contributed by atoms with Crippen molar-refractivity contribution in [1.82, 2.24) is 14.8 Å². The van der Waals surface area contributed by atoms with Crippen molar-refractivity contribution in [3.8, 4) is 5.75 Å². The van der Waals surface area contributed by atoms with Crippen LogP contribution in [0, 0.1) is 5.82 Å². The van der Waals surface area contributed by atoms with E-state index in [9.17, 15) is 9.18 Å². The number of carbonyl (C=O) groups excluding carboxylic acids is 1. The Bertz CT molecular complexity index is 1370. The van der Waals surface area contributed by atoms with Gasteiger partial charge in [0, 0.05) is 21.8 Å². The number of halogens is 3. The summed E-state index contributed by atoms with van der Waals surface area (Å²) in [7, 11) is 1.55. The summed E-state index contributed by atoms with van der Waals surface area (Å²) < 4.78 is 21.5. The van der Waals surface area contributed by atoms with Crippen LogP contribution in [0.25, 0.3) is 5.70 Å². The lowest BCUT2D eigenvalue weighted by molar-refractivity contribution is 0.102.